The van der Waals surface area contributed by atoms with Crippen LogP contribution < -0.4 is 5.32 Å². The van der Waals surface area contributed by atoms with Crippen molar-refractivity contribution >= 4 is 17.5 Å². The number of piperidine rings is 1. The first-order valence-corrected chi connectivity index (χ1v) is 8.55. The number of carbonyl (C=O) groups excluding carboxylic acids is 1. The lowest BCUT2D eigenvalue weighted by molar-refractivity contribution is -0.133. The van der Waals surface area contributed by atoms with Crippen LogP contribution in [0, 0.1) is 11.7 Å². The van der Waals surface area contributed by atoms with Crippen LogP contribution >= 0.6 is 11.6 Å². The summed E-state index contributed by atoms with van der Waals surface area (Å²) in [6, 6.07) is 4.85. The van der Waals surface area contributed by atoms with Crippen molar-refractivity contribution in [1.82, 2.24) is 10.2 Å². The smallest absolute Gasteiger partial charge is 0.249 e. The lowest BCUT2D eigenvalue weighted by atomic mass is 9.90. The molecule has 1 aliphatic heterocycles. The number of hydrogen-bond acceptors (Lipinski definition) is 3. The summed E-state index contributed by atoms with van der Waals surface area (Å²) < 4.78 is 13.8. The molecule has 126 valence electrons. The fraction of sp³-hybridized carbons (Fsp3) is 0.588. The summed E-state index contributed by atoms with van der Waals surface area (Å²) in [4.78, 5) is 14.0. The number of nitrogens with one attached hydrogen (secondary N) is 1. The number of nitrogens with zero attached hydrogens (tertiary/aromatic N) is 1. The summed E-state index contributed by atoms with van der Waals surface area (Å²) in [5.41, 5.74) is 0.586. The fourth-order valence-electron chi connectivity index (χ4n) is 3.06. The van der Waals surface area contributed by atoms with Crippen LogP contribution in [0.2, 0.25) is 5.02 Å². The Labute approximate surface area is 140 Å². The van der Waals surface area contributed by atoms with Crippen LogP contribution in [0.15, 0.2) is 18.2 Å². The van der Waals surface area contributed by atoms with E-state index in [0.29, 0.717) is 17.1 Å². The summed E-state index contributed by atoms with van der Waals surface area (Å²) in [7, 11) is 0. The second-order valence-electron chi connectivity index (χ2n) is 6.58. The van der Waals surface area contributed by atoms with E-state index in [1.807, 2.05) is 0 Å². The Balaban J connectivity index is 1.49. The number of amides is 1. The van der Waals surface area contributed by atoms with E-state index in [1.165, 1.54) is 6.07 Å². The van der Waals surface area contributed by atoms with Gasteiger partial charge < -0.3 is 10.4 Å². The van der Waals surface area contributed by atoms with E-state index < -0.39 is 6.10 Å². The normalized spacial score (nSPS) is 21.2. The minimum atomic E-state index is -0.930. The maximum Gasteiger partial charge on any atom is 0.249 e. The van der Waals surface area contributed by atoms with Gasteiger partial charge in [0, 0.05) is 23.2 Å². The first-order chi connectivity index (χ1) is 11.0. The van der Waals surface area contributed by atoms with Crippen molar-refractivity contribution in [2.24, 2.45) is 5.92 Å². The molecule has 1 saturated heterocycles. The molecule has 1 saturated carbocycles. The lowest BCUT2D eigenvalue weighted by Crippen LogP contribution is -2.45. The van der Waals surface area contributed by atoms with Crippen molar-refractivity contribution in [3.8, 4) is 0 Å². The van der Waals surface area contributed by atoms with Gasteiger partial charge in [0.25, 0.3) is 0 Å². The van der Waals surface area contributed by atoms with E-state index >= 15 is 0 Å². The number of carbonyl (C=O) groups is 1. The third kappa shape index (κ3) is 4.43. The van der Waals surface area contributed by atoms with Gasteiger partial charge in [0.15, 0.2) is 0 Å². The summed E-state index contributed by atoms with van der Waals surface area (Å²) in [5.74, 6) is -0.513. The highest BCUT2D eigenvalue weighted by Crippen LogP contribution is 2.25. The highest BCUT2D eigenvalue weighted by molar-refractivity contribution is 6.30. The van der Waals surface area contributed by atoms with Gasteiger partial charge in [0.1, 0.15) is 11.9 Å². The predicted molar refractivity (Wildman–Crippen MR) is 86.6 cm³/mol. The molecule has 0 spiro atoms. The Morgan fingerprint density at radius 1 is 1.35 bits per heavy atom. The molecular weight excluding hydrogens is 319 g/mol. The van der Waals surface area contributed by atoms with Crippen molar-refractivity contribution in [2.45, 2.75) is 44.4 Å². The van der Waals surface area contributed by atoms with Crippen molar-refractivity contribution in [2.75, 3.05) is 13.1 Å². The van der Waals surface area contributed by atoms with Crippen molar-refractivity contribution in [1.29, 1.82) is 0 Å². The fourth-order valence-corrected chi connectivity index (χ4v) is 3.26. The molecule has 0 unspecified atom stereocenters. The molecule has 2 N–H and O–H groups in total. The highest BCUT2D eigenvalue weighted by Gasteiger charge is 2.33. The van der Waals surface area contributed by atoms with E-state index in [4.69, 9.17) is 11.6 Å². The molecule has 1 aromatic carbocycles. The molecule has 1 atom stereocenters. The maximum atomic E-state index is 13.8. The van der Waals surface area contributed by atoms with Crippen LogP contribution in [0.1, 0.15) is 31.2 Å². The largest absolute Gasteiger partial charge is 0.383 e. The monoisotopic (exact) mass is 340 g/mol. The first kappa shape index (κ1) is 16.7. The van der Waals surface area contributed by atoms with E-state index in [0.717, 1.165) is 38.8 Å². The molecule has 0 aromatic heterocycles. The average molecular weight is 341 g/mol. The topological polar surface area (TPSA) is 52.6 Å². The highest BCUT2D eigenvalue weighted by atomic mass is 35.5. The summed E-state index contributed by atoms with van der Waals surface area (Å²) in [6.45, 7) is 1.98. The molecule has 0 radical (unpaired) electrons. The van der Waals surface area contributed by atoms with E-state index in [2.05, 4.69) is 10.2 Å². The van der Waals surface area contributed by atoms with Gasteiger partial charge in [0.05, 0.1) is 0 Å². The SMILES string of the molecule is O=C(NC1CC1)[C@H](O)C1CCN(Cc2cc(Cl)ccc2F)CC1. The van der Waals surface area contributed by atoms with Crippen LogP contribution in [0.25, 0.3) is 0 Å². The molecule has 6 heteroatoms. The zero-order valence-corrected chi connectivity index (χ0v) is 13.7. The zero-order valence-electron chi connectivity index (χ0n) is 13.0. The molecule has 2 fully saturated rings. The van der Waals surface area contributed by atoms with Crippen LogP contribution in [-0.4, -0.2) is 41.1 Å². The Kier molecular flexibility index (Phi) is 5.19. The van der Waals surface area contributed by atoms with Crippen molar-refractivity contribution in [3.63, 3.8) is 0 Å². The average Bonchev–Trinajstić information content (AvgIpc) is 3.35. The summed E-state index contributed by atoms with van der Waals surface area (Å²) >= 11 is 5.92. The molecule has 0 bridgehead atoms. The molecular formula is C17H22ClFN2O2. The third-order valence-electron chi connectivity index (χ3n) is 4.67. The van der Waals surface area contributed by atoms with Gasteiger partial charge >= 0.3 is 0 Å². The standard InChI is InChI=1S/C17H22ClFN2O2/c18-13-1-4-15(19)12(9-13)10-21-7-5-11(6-8-21)16(22)17(23)20-14-2-3-14/h1,4,9,11,14,16,22H,2-3,5-8,10H2,(H,20,23)/t16-/m1/s1. The molecule has 1 amide bonds. The minimum Gasteiger partial charge on any atom is -0.383 e. The molecule has 1 aliphatic carbocycles. The first-order valence-electron chi connectivity index (χ1n) is 8.17. The second kappa shape index (κ2) is 7.16. The van der Waals surface area contributed by atoms with Gasteiger partial charge in [-0.15, -0.1) is 0 Å². The van der Waals surface area contributed by atoms with E-state index in [1.54, 1.807) is 12.1 Å². The van der Waals surface area contributed by atoms with Gasteiger partial charge in [-0.05, 0) is 62.9 Å². The molecule has 1 heterocycles. The molecule has 23 heavy (non-hydrogen) atoms. The predicted octanol–water partition coefficient (Wildman–Crippen LogP) is 2.33. The molecule has 1 aromatic rings. The number of benzene rings is 1. The number of aliphatic hydroxyl groups is 1. The lowest BCUT2D eigenvalue weighted by Gasteiger charge is -2.33. The van der Waals surface area contributed by atoms with Crippen LogP contribution in [0.5, 0.6) is 0 Å². The Morgan fingerprint density at radius 2 is 2.04 bits per heavy atom. The summed E-state index contributed by atoms with van der Waals surface area (Å²) in [5, 5.41) is 13.5. The van der Waals surface area contributed by atoms with Gasteiger partial charge in [-0.25, -0.2) is 4.39 Å². The quantitative estimate of drug-likeness (QED) is 0.865. The van der Waals surface area contributed by atoms with E-state index in [-0.39, 0.29) is 23.7 Å². The molecule has 2 aliphatic rings. The number of likely N-dealkylation sites (tertiary alicyclic amines) is 1. The Hall–Kier alpha value is -1.17. The molecule has 4 nitrogen and oxygen atoms in total. The van der Waals surface area contributed by atoms with Crippen LogP contribution in [0.3, 0.4) is 0 Å². The van der Waals surface area contributed by atoms with Crippen molar-refractivity contribution in [3.05, 3.63) is 34.6 Å². The van der Waals surface area contributed by atoms with Gasteiger partial charge in [-0.1, -0.05) is 11.6 Å². The second-order valence-corrected chi connectivity index (χ2v) is 7.01. The summed E-state index contributed by atoms with van der Waals surface area (Å²) in [6.07, 6.45) is 2.58. The minimum absolute atomic E-state index is 0.0193. The number of halogens is 2. The van der Waals surface area contributed by atoms with Gasteiger partial charge in [0.2, 0.25) is 5.91 Å². The van der Waals surface area contributed by atoms with Gasteiger partial charge in [-0.3, -0.25) is 9.69 Å². The van der Waals surface area contributed by atoms with Crippen LogP contribution in [0.4, 0.5) is 4.39 Å². The van der Waals surface area contributed by atoms with Crippen LogP contribution in [-0.2, 0) is 11.3 Å². The number of rotatable bonds is 5. The van der Waals surface area contributed by atoms with E-state index in [9.17, 15) is 14.3 Å². The Bertz CT molecular complexity index is 572. The number of hydrogen-bond donors (Lipinski definition) is 2. The van der Waals surface area contributed by atoms with Crippen molar-refractivity contribution < 1.29 is 14.3 Å². The maximum absolute atomic E-state index is 13.8. The zero-order chi connectivity index (χ0) is 16.4. The molecule has 3 rings (SSSR count). The Morgan fingerprint density at radius 3 is 2.70 bits per heavy atom. The number of aliphatic hydroxyl groups excluding tert-OH is 1. The third-order valence-corrected chi connectivity index (χ3v) is 4.91. The van der Waals surface area contributed by atoms with Gasteiger partial charge in [-0.2, -0.15) is 0 Å².